The van der Waals surface area contributed by atoms with E-state index in [1.54, 1.807) is 6.07 Å². The minimum Gasteiger partial charge on any atom is -0.479 e. The van der Waals surface area contributed by atoms with E-state index in [-0.39, 0.29) is 22.9 Å². The molecule has 1 aliphatic heterocycles. The molecule has 12 heteroatoms. The monoisotopic (exact) mass is 454 g/mol. The number of hydrogen-bond donors (Lipinski definition) is 5. The molecular weight excluding hydrogens is 431 g/mol. The molecule has 7 N–H and O–H groups in total. The quantitative estimate of drug-likeness (QED) is 0.369. The molecule has 1 aromatic carbocycles. The van der Waals surface area contributed by atoms with E-state index in [0.29, 0.717) is 36.9 Å². The summed E-state index contributed by atoms with van der Waals surface area (Å²) in [6.07, 6.45) is 3.07. The van der Waals surface area contributed by atoms with Crippen LogP contribution in [0.4, 0.5) is 15.8 Å². The Hall–Kier alpha value is -4.06. The summed E-state index contributed by atoms with van der Waals surface area (Å²) in [6.45, 7) is 1.87. The predicted octanol–water partition coefficient (Wildman–Crippen LogP) is 1.24. The minimum absolute atomic E-state index is 0.0687. The lowest BCUT2D eigenvalue weighted by atomic mass is 9.96. The molecule has 172 valence electrons. The maximum absolute atomic E-state index is 14.7. The van der Waals surface area contributed by atoms with Crippen LogP contribution in [0, 0.1) is 11.7 Å². The molecule has 0 radical (unpaired) electrons. The molecule has 2 aromatic heterocycles. The number of anilines is 2. The zero-order valence-electron chi connectivity index (χ0n) is 17.6. The first-order chi connectivity index (χ1) is 15.9. The molecule has 2 amide bonds. The van der Waals surface area contributed by atoms with Gasteiger partial charge in [0, 0.05) is 19.3 Å². The lowest BCUT2D eigenvalue weighted by molar-refractivity contribution is 0.0991. The Balaban J connectivity index is 1.55. The third-order valence-electron chi connectivity index (χ3n) is 5.52. The summed E-state index contributed by atoms with van der Waals surface area (Å²) in [7, 11) is 0. The van der Waals surface area contributed by atoms with Gasteiger partial charge in [-0.3, -0.25) is 9.59 Å². The molecule has 3 heterocycles. The first kappa shape index (κ1) is 22.1. The number of imidazole rings is 1. The Morgan fingerprint density at radius 3 is 2.67 bits per heavy atom. The van der Waals surface area contributed by atoms with Crippen molar-refractivity contribution in [2.24, 2.45) is 17.4 Å². The van der Waals surface area contributed by atoms with Crippen LogP contribution in [0.2, 0.25) is 0 Å². The lowest BCUT2D eigenvalue weighted by Crippen LogP contribution is -2.37. The zero-order chi connectivity index (χ0) is 23.5. The normalized spacial score (nSPS) is 14.3. The first-order valence-electron chi connectivity index (χ1n) is 10.3. The van der Waals surface area contributed by atoms with Crippen LogP contribution < -0.4 is 21.7 Å². The Labute approximate surface area is 188 Å². The van der Waals surface area contributed by atoms with Gasteiger partial charge in [-0.25, -0.2) is 9.37 Å². The Morgan fingerprint density at radius 2 is 1.97 bits per heavy atom. The Kier molecular flexibility index (Phi) is 6.18. The largest absolute Gasteiger partial charge is 0.479 e. The summed E-state index contributed by atoms with van der Waals surface area (Å²) < 4.78 is 14.7. The molecule has 3 aromatic rings. The summed E-state index contributed by atoms with van der Waals surface area (Å²) in [6, 6.07) is 5.08. The van der Waals surface area contributed by atoms with E-state index in [2.05, 4.69) is 25.3 Å². The molecular formula is C21H23FN8O3. The molecule has 0 saturated carbocycles. The second kappa shape index (κ2) is 9.20. The van der Waals surface area contributed by atoms with E-state index in [0.717, 1.165) is 12.8 Å². The van der Waals surface area contributed by atoms with Gasteiger partial charge in [-0.2, -0.15) is 9.97 Å². The zero-order valence-corrected chi connectivity index (χ0v) is 17.6. The second-order valence-electron chi connectivity index (χ2n) is 7.69. The van der Waals surface area contributed by atoms with Crippen molar-refractivity contribution in [3.8, 4) is 17.4 Å². The van der Waals surface area contributed by atoms with Crippen LogP contribution in [-0.4, -0.2) is 56.5 Å². The third kappa shape index (κ3) is 4.75. The topological polar surface area (TPSA) is 176 Å². The molecule has 1 fully saturated rings. The van der Waals surface area contributed by atoms with Gasteiger partial charge in [0.05, 0.1) is 17.1 Å². The standard InChI is InChI=1S/C21H23FN8O3/c22-12-2-1-3-13(17(12)30-6-4-11(9-23)5-7-30)27-20(32)19-25-10-16(26-19)14-8-15(18(24)31)29-21(33)28-14/h1-3,8,10-11H,4-7,9,23H2,(H2,24,31)(H,25,26)(H,27,32)(H,28,29,33). The molecule has 0 spiro atoms. The number of benzene rings is 1. The Bertz CT molecular complexity index is 1190. The molecule has 11 nitrogen and oxygen atoms in total. The van der Waals surface area contributed by atoms with Crippen molar-refractivity contribution in [2.45, 2.75) is 12.8 Å². The smallest absolute Gasteiger partial charge is 0.315 e. The number of nitrogens with one attached hydrogen (secondary N) is 2. The average Bonchev–Trinajstić information content (AvgIpc) is 3.30. The highest BCUT2D eigenvalue weighted by Gasteiger charge is 2.24. The number of piperidine rings is 1. The van der Waals surface area contributed by atoms with Gasteiger partial charge < -0.3 is 31.8 Å². The maximum Gasteiger partial charge on any atom is 0.315 e. The highest BCUT2D eigenvalue weighted by atomic mass is 19.1. The molecule has 4 rings (SSSR count). The van der Waals surface area contributed by atoms with Crippen molar-refractivity contribution in [3.05, 3.63) is 47.8 Å². The van der Waals surface area contributed by atoms with Gasteiger partial charge in [0.25, 0.3) is 11.8 Å². The molecule has 33 heavy (non-hydrogen) atoms. The number of para-hydroxylation sites is 1. The van der Waals surface area contributed by atoms with Crippen molar-refractivity contribution in [2.75, 3.05) is 29.9 Å². The summed E-state index contributed by atoms with van der Waals surface area (Å²) in [5.74, 6) is -1.55. The number of carbonyl (C=O) groups is 2. The number of aromatic nitrogens is 4. The fourth-order valence-corrected chi connectivity index (χ4v) is 3.77. The first-order valence-corrected chi connectivity index (χ1v) is 10.3. The van der Waals surface area contributed by atoms with Gasteiger partial charge in [0.1, 0.15) is 17.2 Å². The van der Waals surface area contributed by atoms with E-state index in [1.807, 2.05) is 4.90 Å². The van der Waals surface area contributed by atoms with Crippen LogP contribution in [0.3, 0.4) is 0 Å². The summed E-state index contributed by atoms with van der Waals surface area (Å²) in [5.41, 5.74) is 11.7. The van der Waals surface area contributed by atoms with Crippen molar-refractivity contribution in [3.63, 3.8) is 0 Å². The van der Waals surface area contributed by atoms with Gasteiger partial charge in [-0.1, -0.05) is 6.07 Å². The minimum atomic E-state index is -0.850. The van der Waals surface area contributed by atoms with Gasteiger partial charge in [-0.15, -0.1) is 0 Å². The number of H-pyrrole nitrogens is 1. The second-order valence-corrected chi connectivity index (χ2v) is 7.69. The number of nitrogens with zero attached hydrogens (tertiary/aromatic N) is 4. The van der Waals surface area contributed by atoms with Crippen molar-refractivity contribution in [1.82, 2.24) is 19.9 Å². The van der Waals surface area contributed by atoms with Crippen LogP contribution in [-0.2, 0) is 0 Å². The van der Waals surface area contributed by atoms with Crippen molar-refractivity contribution < 1.29 is 19.1 Å². The number of rotatable bonds is 6. The third-order valence-corrected chi connectivity index (χ3v) is 5.52. The fraction of sp³-hybridized carbons (Fsp3) is 0.286. The number of nitrogens with two attached hydrogens (primary N) is 2. The van der Waals surface area contributed by atoms with Gasteiger partial charge in [0.15, 0.2) is 5.82 Å². The summed E-state index contributed by atoms with van der Waals surface area (Å²) >= 11 is 0. The van der Waals surface area contributed by atoms with Crippen LogP contribution in [0.25, 0.3) is 11.4 Å². The number of aromatic hydroxyl groups is 1. The van der Waals surface area contributed by atoms with Gasteiger partial charge in [0.2, 0.25) is 0 Å². The highest BCUT2D eigenvalue weighted by molar-refractivity contribution is 6.04. The summed E-state index contributed by atoms with van der Waals surface area (Å²) in [4.78, 5) is 40.3. The average molecular weight is 454 g/mol. The van der Waals surface area contributed by atoms with Crippen LogP contribution in [0.5, 0.6) is 6.01 Å². The van der Waals surface area contributed by atoms with Crippen molar-refractivity contribution in [1.29, 1.82) is 0 Å². The molecule has 0 aliphatic carbocycles. The Morgan fingerprint density at radius 1 is 1.21 bits per heavy atom. The highest BCUT2D eigenvalue weighted by Crippen LogP contribution is 2.32. The molecule has 0 bridgehead atoms. The van der Waals surface area contributed by atoms with Crippen molar-refractivity contribution >= 4 is 23.2 Å². The van der Waals surface area contributed by atoms with E-state index in [1.165, 1.54) is 24.4 Å². The van der Waals surface area contributed by atoms with Crippen LogP contribution in [0.15, 0.2) is 30.5 Å². The molecule has 1 saturated heterocycles. The number of carbonyl (C=O) groups excluding carboxylic acids is 2. The molecule has 1 aliphatic rings. The van der Waals surface area contributed by atoms with Gasteiger partial charge in [-0.05, 0) is 43.5 Å². The van der Waals surface area contributed by atoms with Crippen LogP contribution in [0.1, 0.15) is 33.9 Å². The SMILES string of the molecule is NCC1CCN(c2c(F)cccc2NC(=O)c2nc(-c3cc(C(N)=O)nc(O)n3)c[nH]2)CC1. The molecule has 0 atom stereocenters. The number of primary amides is 1. The van der Waals surface area contributed by atoms with E-state index < -0.39 is 23.6 Å². The van der Waals surface area contributed by atoms with Crippen LogP contribution >= 0.6 is 0 Å². The number of aromatic amines is 1. The number of halogens is 1. The predicted molar refractivity (Wildman–Crippen MR) is 118 cm³/mol. The molecule has 0 unspecified atom stereocenters. The lowest BCUT2D eigenvalue weighted by Gasteiger charge is -2.34. The maximum atomic E-state index is 14.7. The summed E-state index contributed by atoms with van der Waals surface area (Å²) in [5, 5.41) is 12.3. The van der Waals surface area contributed by atoms with E-state index >= 15 is 0 Å². The number of hydrogen-bond acceptors (Lipinski definition) is 8. The van der Waals surface area contributed by atoms with Gasteiger partial charge >= 0.3 is 6.01 Å². The van der Waals surface area contributed by atoms with E-state index in [4.69, 9.17) is 11.5 Å². The number of amides is 2. The fourth-order valence-electron chi connectivity index (χ4n) is 3.77. The van der Waals surface area contributed by atoms with E-state index in [9.17, 15) is 19.1 Å².